The number of nitriles is 2. The number of hydrogen-bond donors (Lipinski definition) is 2. The second kappa shape index (κ2) is 5.70. The molecule has 1 aromatic carbocycles. The molecule has 0 unspecified atom stereocenters. The Bertz CT molecular complexity index is 583. The minimum absolute atomic E-state index is 0.0585. The first-order valence-electron chi connectivity index (χ1n) is 5.94. The standard InChI is InChI=1S/C14H16N4O2/c1-14(2,3)18(20)8-12(19)9-4-10(6-15)13(17)11(5-9)7-16/h4-5,20H,8,17H2,1-3H3. The summed E-state index contributed by atoms with van der Waals surface area (Å²) >= 11 is 0. The number of rotatable bonds is 3. The van der Waals surface area contributed by atoms with Crippen molar-refractivity contribution in [2.75, 3.05) is 12.3 Å². The normalized spacial score (nSPS) is 10.9. The van der Waals surface area contributed by atoms with E-state index in [0.29, 0.717) is 0 Å². The summed E-state index contributed by atoms with van der Waals surface area (Å²) in [7, 11) is 0. The van der Waals surface area contributed by atoms with Crippen LogP contribution in [0, 0.1) is 22.7 Å². The predicted octanol–water partition coefficient (Wildman–Crippen LogP) is 1.68. The van der Waals surface area contributed by atoms with Crippen molar-refractivity contribution in [1.29, 1.82) is 10.5 Å². The van der Waals surface area contributed by atoms with Gasteiger partial charge in [0.15, 0.2) is 5.78 Å². The monoisotopic (exact) mass is 272 g/mol. The van der Waals surface area contributed by atoms with Crippen molar-refractivity contribution in [3.05, 3.63) is 28.8 Å². The molecule has 0 radical (unpaired) electrons. The van der Waals surface area contributed by atoms with Gasteiger partial charge < -0.3 is 10.9 Å². The fourth-order valence-electron chi connectivity index (χ4n) is 1.46. The zero-order valence-corrected chi connectivity index (χ0v) is 11.6. The molecule has 0 fully saturated rings. The van der Waals surface area contributed by atoms with Gasteiger partial charge in [0.1, 0.15) is 12.1 Å². The molecule has 6 nitrogen and oxygen atoms in total. The van der Waals surface area contributed by atoms with Gasteiger partial charge in [-0.3, -0.25) is 4.79 Å². The van der Waals surface area contributed by atoms with Gasteiger partial charge in [0.25, 0.3) is 0 Å². The number of anilines is 1. The molecule has 20 heavy (non-hydrogen) atoms. The van der Waals surface area contributed by atoms with Crippen molar-refractivity contribution in [1.82, 2.24) is 5.06 Å². The largest absolute Gasteiger partial charge is 0.397 e. The summed E-state index contributed by atoms with van der Waals surface area (Å²) in [6.07, 6.45) is 0. The Hall–Kier alpha value is -2.41. The number of hydrogen-bond acceptors (Lipinski definition) is 6. The Morgan fingerprint density at radius 2 is 1.75 bits per heavy atom. The Kier molecular flexibility index (Phi) is 4.46. The van der Waals surface area contributed by atoms with Crippen molar-refractivity contribution < 1.29 is 10.0 Å². The van der Waals surface area contributed by atoms with Crippen LogP contribution in [0.25, 0.3) is 0 Å². The maximum absolute atomic E-state index is 12.1. The van der Waals surface area contributed by atoms with Crippen molar-refractivity contribution >= 4 is 11.5 Å². The van der Waals surface area contributed by atoms with Crippen LogP contribution in [0.1, 0.15) is 42.3 Å². The molecule has 104 valence electrons. The lowest BCUT2D eigenvalue weighted by molar-refractivity contribution is -0.146. The minimum Gasteiger partial charge on any atom is -0.397 e. The van der Waals surface area contributed by atoms with Crippen LogP contribution in [0.5, 0.6) is 0 Å². The molecule has 1 rings (SSSR count). The van der Waals surface area contributed by atoms with E-state index >= 15 is 0 Å². The molecular formula is C14H16N4O2. The highest BCUT2D eigenvalue weighted by Gasteiger charge is 2.23. The third-order valence-electron chi connectivity index (χ3n) is 2.81. The number of benzene rings is 1. The van der Waals surface area contributed by atoms with Gasteiger partial charge in [0.2, 0.25) is 0 Å². The van der Waals surface area contributed by atoms with Crippen LogP contribution < -0.4 is 5.73 Å². The van der Waals surface area contributed by atoms with E-state index in [0.717, 1.165) is 5.06 Å². The summed E-state index contributed by atoms with van der Waals surface area (Å²) in [5.41, 5.74) is 5.43. The van der Waals surface area contributed by atoms with E-state index in [1.165, 1.54) is 12.1 Å². The average molecular weight is 272 g/mol. The molecule has 0 saturated heterocycles. The molecular weight excluding hydrogens is 256 g/mol. The first-order chi connectivity index (χ1) is 9.20. The lowest BCUT2D eigenvalue weighted by Crippen LogP contribution is -2.41. The van der Waals surface area contributed by atoms with Crippen LogP contribution >= 0.6 is 0 Å². The molecule has 1 aromatic rings. The molecule has 3 N–H and O–H groups in total. The average Bonchev–Trinajstić information content (AvgIpc) is 2.37. The van der Waals surface area contributed by atoms with Gasteiger partial charge in [-0.15, -0.1) is 0 Å². The maximum atomic E-state index is 12.1. The smallest absolute Gasteiger partial charge is 0.179 e. The molecule has 0 aromatic heterocycles. The first-order valence-corrected chi connectivity index (χ1v) is 5.94. The zero-order chi connectivity index (χ0) is 15.5. The highest BCUT2D eigenvalue weighted by atomic mass is 16.5. The number of nitrogens with zero attached hydrogens (tertiary/aromatic N) is 3. The van der Waals surface area contributed by atoms with E-state index in [1.807, 2.05) is 12.1 Å². The van der Waals surface area contributed by atoms with Crippen LogP contribution in [0.4, 0.5) is 5.69 Å². The second-order valence-electron chi connectivity index (χ2n) is 5.36. The van der Waals surface area contributed by atoms with Crippen LogP contribution in [-0.2, 0) is 0 Å². The summed E-state index contributed by atoms with van der Waals surface area (Å²) < 4.78 is 0. The van der Waals surface area contributed by atoms with Crippen molar-refractivity contribution in [3.8, 4) is 12.1 Å². The molecule has 0 bridgehead atoms. The van der Waals surface area contributed by atoms with Crippen molar-refractivity contribution in [3.63, 3.8) is 0 Å². The summed E-state index contributed by atoms with van der Waals surface area (Å²) in [6, 6.07) is 6.35. The lowest BCUT2D eigenvalue weighted by Gasteiger charge is -2.28. The maximum Gasteiger partial charge on any atom is 0.179 e. The van der Waals surface area contributed by atoms with Gasteiger partial charge in [0.05, 0.1) is 23.4 Å². The van der Waals surface area contributed by atoms with E-state index in [4.69, 9.17) is 16.3 Å². The first kappa shape index (κ1) is 15.6. The molecule has 0 aliphatic rings. The number of Topliss-reactive ketones (excluding diaryl/α,β-unsaturated/α-hetero) is 1. The Balaban J connectivity index is 3.13. The van der Waals surface area contributed by atoms with Gasteiger partial charge in [-0.25, -0.2) is 0 Å². The Morgan fingerprint density at radius 1 is 1.30 bits per heavy atom. The summed E-state index contributed by atoms with van der Waals surface area (Å²) in [4.78, 5) is 12.1. The van der Waals surface area contributed by atoms with Gasteiger partial charge in [0, 0.05) is 11.1 Å². The molecule has 0 atom stereocenters. The van der Waals surface area contributed by atoms with Crippen LogP contribution in [-0.4, -0.2) is 28.1 Å². The number of nitrogens with two attached hydrogens (primary N) is 1. The summed E-state index contributed by atoms with van der Waals surface area (Å²) in [5, 5.41) is 28.6. The molecule has 0 aliphatic carbocycles. The molecule has 0 amide bonds. The van der Waals surface area contributed by atoms with Crippen LogP contribution in [0.3, 0.4) is 0 Å². The Morgan fingerprint density at radius 3 is 2.10 bits per heavy atom. The topological polar surface area (TPSA) is 114 Å². The second-order valence-corrected chi connectivity index (χ2v) is 5.36. The van der Waals surface area contributed by atoms with E-state index in [9.17, 15) is 10.0 Å². The van der Waals surface area contributed by atoms with E-state index in [1.54, 1.807) is 20.8 Å². The van der Waals surface area contributed by atoms with Crippen LogP contribution in [0.2, 0.25) is 0 Å². The summed E-state index contributed by atoms with van der Waals surface area (Å²) in [5.74, 6) is -0.393. The number of carbonyl (C=O) groups is 1. The zero-order valence-electron chi connectivity index (χ0n) is 11.6. The number of ketones is 1. The van der Waals surface area contributed by atoms with Gasteiger partial charge in [-0.2, -0.15) is 15.6 Å². The van der Waals surface area contributed by atoms with Crippen molar-refractivity contribution in [2.45, 2.75) is 26.3 Å². The fourth-order valence-corrected chi connectivity index (χ4v) is 1.46. The van der Waals surface area contributed by atoms with Gasteiger partial charge in [-0.1, -0.05) is 0 Å². The van der Waals surface area contributed by atoms with E-state index < -0.39 is 11.3 Å². The Labute approximate surface area is 117 Å². The summed E-state index contributed by atoms with van der Waals surface area (Å²) in [6.45, 7) is 5.03. The fraction of sp³-hybridized carbons (Fsp3) is 0.357. The highest BCUT2D eigenvalue weighted by Crippen LogP contribution is 2.20. The SMILES string of the molecule is CC(C)(C)N(O)CC(=O)c1cc(C#N)c(N)c(C#N)c1. The van der Waals surface area contributed by atoms with Crippen LogP contribution in [0.15, 0.2) is 12.1 Å². The quantitative estimate of drug-likeness (QED) is 0.491. The lowest BCUT2D eigenvalue weighted by atomic mass is 10.0. The molecule has 6 heteroatoms. The highest BCUT2D eigenvalue weighted by molar-refractivity contribution is 5.99. The third-order valence-corrected chi connectivity index (χ3v) is 2.81. The third kappa shape index (κ3) is 3.33. The van der Waals surface area contributed by atoms with Gasteiger partial charge in [-0.05, 0) is 32.9 Å². The molecule has 0 aliphatic heterocycles. The van der Waals surface area contributed by atoms with Gasteiger partial charge >= 0.3 is 0 Å². The molecule has 0 saturated carbocycles. The van der Waals surface area contributed by atoms with E-state index in [2.05, 4.69) is 0 Å². The number of carbonyl (C=O) groups excluding carboxylic acids is 1. The molecule has 0 spiro atoms. The number of nitrogen functional groups attached to an aromatic ring is 1. The number of hydroxylamine groups is 2. The molecule has 0 heterocycles. The predicted molar refractivity (Wildman–Crippen MR) is 72.9 cm³/mol. The van der Waals surface area contributed by atoms with E-state index in [-0.39, 0.29) is 28.9 Å². The van der Waals surface area contributed by atoms with Crippen molar-refractivity contribution in [2.24, 2.45) is 0 Å². The minimum atomic E-state index is -0.584.